The molecule has 1 aromatic heterocycles. The molecular weight excluding hydrogens is 350 g/mol. The van der Waals surface area contributed by atoms with Gasteiger partial charge in [-0.25, -0.2) is 0 Å². The van der Waals surface area contributed by atoms with Crippen LogP contribution in [0.15, 0.2) is 53.7 Å². The highest BCUT2D eigenvalue weighted by Gasteiger charge is 2.31. The van der Waals surface area contributed by atoms with Crippen LogP contribution >= 0.6 is 11.8 Å². The summed E-state index contributed by atoms with van der Waals surface area (Å²) >= 11 is 1.82. The van der Waals surface area contributed by atoms with Crippen molar-refractivity contribution >= 4 is 11.8 Å². The monoisotopic (exact) mass is 381 g/mol. The Morgan fingerprint density at radius 3 is 2.30 bits per heavy atom. The zero-order chi connectivity index (χ0) is 18.5. The Kier molecular flexibility index (Phi) is 6.48. The molecule has 0 N–H and O–H groups in total. The molecule has 27 heavy (non-hydrogen) atoms. The maximum atomic E-state index is 4.25. The van der Waals surface area contributed by atoms with E-state index in [0.29, 0.717) is 0 Å². The number of nitrogens with zero attached hydrogens (tertiary/aromatic N) is 3. The molecule has 0 aliphatic carbocycles. The average Bonchev–Trinajstić information content (AvgIpc) is 3.18. The van der Waals surface area contributed by atoms with Crippen molar-refractivity contribution in [1.29, 1.82) is 0 Å². The van der Waals surface area contributed by atoms with E-state index >= 15 is 0 Å². The zero-order valence-corrected chi connectivity index (χ0v) is 17.2. The van der Waals surface area contributed by atoms with Crippen LogP contribution in [0.4, 0.5) is 0 Å². The lowest BCUT2D eigenvalue weighted by Gasteiger charge is -2.35. The Bertz CT molecular complexity index is 695. The van der Waals surface area contributed by atoms with Gasteiger partial charge in [0.05, 0.1) is 0 Å². The fourth-order valence-corrected chi connectivity index (χ4v) is 5.12. The molecule has 4 heteroatoms. The summed E-state index contributed by atoms with van der Waals surface area (Å²) < 4.78 is 0. The molecule has 1 unspecified atom stereocenters. The van der Waals surface area contributed by atoms with Crippen LogP contribution in [0.25, 0.3) is 0 Å². The molecule has 0 radical (unpaired) electrons. The molecule has 4 rings (SSSR count). The lowest BCUT2D eigenvalue weighted by molar-refractivity contribution is 0.141. The van der Waals surface area contributed by atoms with Crippen molar-refractivity contribution in [2.75, 3.05) is 32.4 Å². The van der Waals surface area contributed by atoms with E-state index in [4.69, 9.17) is 0 Å². The first-order chi connectivity index (χ1) is 13.3. The first kappa shape index (κ1) is 19.0. The predicted molar refractivity (Wildman–Crippen MR) is 114 cm³/mol. The summed E-state index contributed by atoms with van der Waals surface area (Å²) in [5.41, 5.74) is 2.80. The van der Waals surface area contributed by atoms with Crippen molar-refractivity contribution in [1.82, 2.24) is 14.8 Å². The molecule has 2 aliphatic heterocycles. The Balaban J connectivity index is 1.22. The molecule has 3 nitrogen and oxygen atoms in total. The molecule has 2 fully saturated rings. The van der Waals surface area contributed by atoms with Crippen LogP contribution in [0.1, 0.15) is 30.4 Å². The highest BCUT2D eigenvalue weighted by atomic mass is 32.2. The van der Waals surface area contributed by atoms with Gasteiger partial charge in [-0.2, -0.15) is 0 Å². The molecule has 0 spiro atoms. The van der Waals surface area contributed by atoms with E-state index < -0.39 is 0 Å². The molecular formula is C23H31N3S. The van der Waals surface area contributed by atoms with Crippen LogP contribution in [0.5, 0.6) is 0 Å². The van der Waals surface area contributed by atoms with E-state index in [-0.39, 0.29) is 0 Å². The molecule has 2 aromatic rings. The topological polar surface area (TPSA) is 19.4 Å². The van der Waals surface area contributed by atoms with E-state index in [1.54, 1.807) is 0 Å². The van der Waals surface area contributed by atoms with Crippen molar-refractivity contribution < 1.29 is 0 Å². The number of benzene rings is 1. The Morgan fingerprint density at radius 2 is 1.59 bits per heavy atom. The van der Waals surface area contributed by atoms with E-state index in [2.05, 4.69) is 51.4 Å². The summed E-state index contributed by atoms with van der Waals surface area (Å²) in [5, 5.41) is 0. The summed E-state index contributed by atoms with van der Waals surface area (Å²) in [6, 6.07) is 13.4. The van der Waals surface area contributed by atoms with Crippen molar-refractivity contribution in [3.63, 3.8) is 0 Å². The summed E-state index contributed by atoms with van der Waals surface area (Å²) in [4.78, 5) is 10.9. The molecule has 0 saturated carbocycles. The van der Waals surface area contributed by atoms with Gasteiger partial charge in [-0.05, 0) is 86.3 Å². The molecule has 0 amide bonds. The van der Waals surface area contributed by atoms with Crippen molar-refractivity contribution in [3.8, 4) is 0 Å². The third-order valence-electron chi connectivity index (χ3n) is 6.30. The van der Waals surface area contributed by atoms with Crippen LogP contribution in [-0.2, 0) is 13.1 Å². The number of hydrogen-bond acceptors (Lipinski definition) is 4. The van der Waals surface area contributed by atoms with Crippen LogP contribution in [0, 0.1) is 11.8 Å². The van der Waals surface area contributed by atoms with Gasteiger partial charge in [0, 0.05) is 36.9 Å². The van der Waals surface area contributed by atoms with Gasteiger partial charge in [-0.3, -0.25) is 14.8 Å². The Labute approximate surface area is 168 Å². The van der Waals surface area contributed by atoms with Gasteiger partial charge in [0.25, 0.3) is 0 Å². The molecule has 3 heterocycles. The fraction of sp³-hybridized carbons (Fsp3) is 0.522. The Hall–Kier alpha value is -1.36. The van der Waals surface area contributed by atoms with Gasteiger partial charge in [0.1, 0.15) is 0 Å². The standard InChI is InChI=1S/C23H31N3S/c1-27-23-6-4-19(5-7-23)16-26-14-10-22(18-26)21-8-12-25(13-9-21)17-20-3-2-11-24-15-20/h2-7,11,15,21-22H,8-10,12-14,16-18H2,1H3. The molecule has 144 valence electrons. The third-order valence-corrected chi connectivity index (χ3v) is 7.05. The number of piperidine rings is 1. The molecule has 1 aromatic carbocycles. The predicted octanol–water partition coefficient (Wildman–Crippen LogP) is 4.54. The van der Waals surface area contributed by atoms with Gasteiger partial charge in [-0.1, -0.05) is 18.2 Å². The maximum absolute atomic E-state index is 4.25. The second kappa shape index (κ2) is 9.22. The second-order valence-corrected chi connectivity index (χ2v) is 8.99. The largest absolute Gasteiger partial charge is 0.299 e. The van der Waals surface area contributed by atoms with Crippen LogP contribution < -0.4 is 0 Å². The zero-order valence-electron chi connectivity index (χ0n) is 16.4. The number of rotatable bonds is 6. The molecule has 2 aliphatic rings. The minimum absolute atomic E-state index is 0.899. The smallest absolute Gasteiger partial charge is 0.0312 e. The maximum Gasteiger partial charge on any atom is 0.0312 e. The average molecular weight is 382 g/mol. The first-order valence-corrected chi connectivity index (χ1v) is 11.5. The summed E-state index contributed by atoms with van der Waals surface area (Å²) in [7, 11) is 0. The summed E-state index contributed by atoms with van der Waals surface area (Å²) in [5.74, 6) is 1.81. The van der Waals surface area contributed by atoms with E-state index in [1.165, 1.54) is 61.5 Å². The van der Waals surface area contributed by atoms with Gasteiger partial charge in [-0.15, -0.1) is 11.8 Å². The number of likely N-dealkylation sites (tertiary alicyclic amines) is 2. The Morgan fingerprint density at radius 1 is 0.889 bits per heavy atom. The SMILES string of the molecule is CSc1ccc(CN2CCC(C3CCN(Cc4cccnc4)CC3)C2)cc1. The number of thioether (sulfide) groups is 1. The van der Waals surface area contributed by atoms with E-state index in [9.17, 15) is 0 Å². The lowest BCUT2D eigenvalue weighted by atomic mass is 9.83. The fourth-order valence-electron chi connectivity index (χ4n) is 4.71. The van der Waals surface area contributed by atoms with Crippen LogP contribution in [0.2, 0.25) is 0 Å². The van der Waals surface area contributed by atoms with Crippen molar-refractivity contribution in [2.45, 2.75) is 37.2 Å². The lowest BCUT2D eigenvalue weighted by Crippen LogP contribution is -2.36. The van der Waals surface area contributed by atoms with E-state index in [0.717, 1.165) is 24.9 Å². The first-order valence-electron chi connectivity index (χ1n) is 10.3. The summed E-state index contributed by atoms with van der Waals surface area (Å²) in [6.45, 7) is 7.22. The number of aromatic nitrogens is 1. The van der Waals surface area contributed by atoms with Crippen LogP contribution in [-0.4, -0.2) is 47.2 Å². The van der Waals surface area contributed by atoms with E-state index in [1.807, 2.05) is 30.2 Å². The number of pyridine rings is 1. The van der Waals surface area contributed by atoms with Gasteiger partial charge < -0.3 is 0 Å². The van der Waals surface area contributed by atoms with Crippen molar-refractivity contribution in [3.05, 3.63) is 59.9 Å². The minimum Gasteiger partial charge on any atom is -0.299 e. The third kappa shape index (κ3) is 5.13. The summed E-state index contributed by atoms with van der Waals surface area (Å²) in [6.07, 6.45) is 10.1. The molecule has 0 bridgehead atoms. The molecule has 1 atom stereocenters. The second-order valence-electron chi connectivity index (χ2n) is 8.11. The highest BCUT2D eigenvalue weighted by Crippen LogP contribution is 2.33. The van der Waals surface area contributed by atoms with Gasteiger partial charge in [0.2, 0.25) is 0 Å². The van der Waals surface area contributed by atoms with Gasteiger partial charge >= 0.3 is 0 Å². The van der Waals surface area contributed by atoms with Crippen LogP contribution in [0.3, 0.4) is 0 Å². The number of hydrogen-bond donors (Lipinski definition) is 0. The van der Waals surface area contributed by atoms with Gasteiger partial charge in [0.15, 0.2) is 0 Å². The normalized spacial score (nSPS) is 22.3. The minimum atomic E-state index is 0.899. The quantitative estimate of drug-likeness (QED) is 0.684. The van der Waals surface area contributed by atoms with Crippen molar-refractivity contribution in [2.24, 2.45) is 11.8 Å². The highest BCUT2D eigenvalue weighted by molar-refractivity contribution is 7.98. The molecule has 2 saturated heterocycles.